The van der Waals surface area contributed by atoms with Crippen molar-refractivity contribution in [2.75, 3.05) is 39.6 Å². The van der Waals surface area contributed by atoms with E-state index in [4.69, 9.17) is 14.0 Å². The molecule has 1 aromatic heterocycles. The normalized spacial score (nSPS) is 16.3. The number of carbonyl (C=O) groups is 2. The summed E-state index contributed by atoms with van der Waals surface area (Å²) in [6.07, 6.45) is 2.41. The Balaban J connectivity index is 1.46. The Bertz CT molecular complexity index is 841. The number of amides is 2. The number of carbonyl (C=O) groups excluding carboxylic acids is 2. The number of likely N-dealkylation sites (tertiary alicyclic amines) is 1. The van der Waals surface area contributed by atoms with E-state index in [0.29, 0.717) is 38.4 Å². The van der Waals surface area contributed by atoms with Gasteiger partial charge in [0, 0.05) is 50.0 Å². The number of nitrogens with one attached hydrogen (secondary N) is 1. The number of thioether (sulfide) groups is 1. The molecular weight excluding hydrogens is 394 g/mol. The summed E-state index contributed by atoms with van der Waals surface area (Å²) in [6.45, 7) is 2.30. The number of ether oxygens (including phenoxy) is 2. The van der Waals surface area contributed by atoms with Crippen LogP contribution in [0, 0.1) is 5.92 Å². The highest BCUT2D eigenvalue weighted by Gasteiger charge is 2.29. The molecular formula is C20H25N3O5S. The lowest BCUT2D eigenvalue weighted by atomic mass is 10.1. The van der Waals surface area contributed by atoms with Crippen LogP contribution in [0.4, 0.5) is 0 Å². The van der Waals surface area contributed by atoms with Crippen LogP contribution in [0.2, 0.25) is 0 Å². The molecule has 8 nitrogen and oxygen atoms in total. The Labute approximate surface area is 173 Å². The molecule has 1 saturated heterocycles. The van der Waals surface area contributed by atoms with Crippen molar-refractivity contribution in [3.05, 3.63) is 41.8 Å². The van der Waals surface area contributed by atoms with Gasteiger partial charge < -0.3 is 24.2 Å². The Hall–Kier alpha value is -2.52. The maximum Gasteiger partial charge on any atom is 0.273 e. The first-order valence-electron chi connectivity index (χ1n) is 9.37. The van der Waals surface area contributed by atoms with Gasteiger partial charge in [-0.1, -0.05) is 17.3 Å². The van der Waals surface area contributed by atoms with Gasteiger partial charge in [-0.2, -0.15) is 0 Å². The predicted molar refractivity (Wildman–Crippen MR) is 108 cm³/mol. The summed E-state index contributed by atoms with van der Waals surface area (Å²) in [6, 6.07) is 9.28. The van der Waals surface area contributed by atoms with Gasteiger partial charge >= 0.3 is 0 Å². The second-order valence-corrected chi connectivity index (χ2v) is 7.58. The van der Waals surface area contributed by atoms with Crippen LogP contribution in [-0.4, -0.2) is 61.5 Å². The first-order valence-corrected chi connectivity index (χ1v) is 10.6. The summed E-state index contributed by atoms with van der Waals surface area (Å²) in [7, 11) is 1.61. The van der Waals surface area contributed by atoms with Gasteiger partial charge in [-0.05, 0) is 18.4 Å². The number of benzene rings is 1. The van der Waals surface area contributed by atoms with Crippen LogP contribution in [0.25, 0.3) is 0 Å². The molecule has 1 aromatic carbocycles. The van der Waals surface area contributed by atoms with Gasteiger partial charge in [-0.15, -0.1) is 11.8 Å². The molecule has 0 radical (unpaired) electrons. The van der Waals surface area contributed by atoms with E-state index in [2.05, 4.69) is 10.5 Å². The van der Waals surface area contributed by atoms with Gasteiger partial charge in [0.2, 0.25) is 5.91 Å². The molecule has 1 N–H and O–H groups in total. The number of nitrogens with zero attached hydrogens (tertiary/aromatic N) is 2. The summed E-state index contributed by atoms with van der Waals surface area (Å²) >= 11 is 1.59. The van der Waals surface area contributed by atoms with Gasteiger partial charge in [-0.25, -0.2) is 0 Å². The molecule has 29 heavy (non-hydrogen) atoms. The highest BCUT2D eigenvalue weighted by molar-refractivity contribution is 7.98. The van der Waals surface area contributed by atoms with Crippen LogP contribution in [0.15, 0.2) is 39.8 Å². The molecule has 0 saturated carbocycles. The van der Waals surface area contributed by atoms with E-state index < -0.39 is 0 Å². The molecule has 1 atom stereocenters. The molecule has 0 aliphatic carbocycles. The Morgan fingerprint density at radius 3 is 3.03 bits per heavy atom. The highest BCUT2D eigenvalue weighted by atomic mass is 32.2. The van der Waals surface area contributed by atoms with E-state index >= 15 is 0 Å². The van der Waals surface area contributed by atoms with Gasteiger partial charge in [0.05, 0.1) is 6.61 Å². The number of hydrogen-bond acceptors (Lipinski definition) is 7. The second-order valence-electron chi connectivity index (χ2n) is 6.73. The molecule has 0 spiro atoms. The van der Waals surface area contributed by atoms with E-state index in [1.165, 1.54) is 0 Å². The van der Waals surface area contributed by atoms with Crippen molar-refractivity contribution in [1.82, 2.24) is 15.4 Å². The minimum atomic E-state index is -0.327. The van der Waals surface area contributed by atoms with Crippen molar-refractivity contribution >= 4 is 23.6 Å². The monoisotopic (exact) mass is 419 g/mol. The van der Waals surface area contributed by atoms with Crippen molar-refractivity contribution in [3.8, 4) is 5.75 Å². The molecule has 2 aromatic rings. The van der Waals surface area contributed by atoms with Gasteiger partial charge in [0.15, 0.2) is 11.5 Å². The number of aromatic nitrogens is 1. The average molecular weight is 420 g/mol. The summed E-state index contributed by atoms with van der Waals surface area (Å²) < 4.78 is 16.0. The maximum absolute atomic E-state index is 12.3. The Morgan fingerprint density at radius 2 is 2.24 bits per heavy atom. The maximum atomic E-state index is 12.3. The fourth-order valence-electron chi connectivity index (χ4n) is 3.11. The molecule has 3 rings (SSSR count). The molecule has 2 amide bonds. The molecule has 1 aliphatic heterocycles. The second kappa shape index (κ2) is 10.3. The number of rotatable bonds is 10. The van der Waals surface area contributed by atoms with Crippen LogP contribution >= 0.6 is 11.8 Å². The lowest BCUT2D eigenvalue weighted by Gasteiger charge is -2.15. The lowest BCUT2D eigenvalue weighted by molar-refractivity contribution is -0.128. The smallest absolute Gasteiger partial charge is 0.273 e. The van der Waals surface area contributed by atoms with E-state index in [1.807, 2.05) is 30.5 Å². The van der Waals surface area contributed by atoms with Gasteiger partial charge in [0.25, 0.3) is 5.91 Å². The highest BCUT2D eigenvalue weighted by Crippen LogP contribution is 2.27. The largest absolute Gasteiger partial charge is 0.484 e. The topological polar surface area (TPSA) is 93.9 Å². The lowest BCUT2D eigenvalue weighted by Crippen LogP contribution is -2.32. The third-order valence-electron chi connectivity index (χ3n) is 4.64. The van der Waals surface area contributed by atoms with Crippen molar-refractivity contribution in [3.63, 3.8) is 0 Å². The molecule has 1 aliphatic rings. The van der Waals surface area contributed by atoms with E-state index in [-0.39, 0.29) is 30.0 Å². The molecule has 156 valence electrons. The van der Waals surface area contributed by atoms with Crippen molar-refractivity contribution in [1.29, 1.82) is 0 Å². The zero-order chi connectivity index (χ0) is 20.6. The molecule has 2 heterocycles. The van der Waals surface area contributed by atoms with Crippen molar-refractivity contribution in [2.24, 2.45) is 5.92 Å². The number of para-hydroxylation sites is 1. The molecule has 0 unspecified atom stereocenters. The van der Waals surface area contributed by atoms with Crippen LogP contribution < -0.4 is 10.1 Å². The standard InChI is InChI=1S/C20H25N3O5S/c1-26-8-7-23-12-14(9-19(23)24)11-21-20(25)16-10-15(28-22-16)13-27-17-5-3-4-6-18(17)29-2/h3-6,10,14H,7-9,11-13H2,1-2H3,(H,21,25)/t14-/m1/s1. The first-order chi connectivity index (χ1) is 14.1. The minimum Gasteiger partial charge on any atom is -0.484 e. The van der Waals surface area contributed by atoms with E-state index in [0.717, 1.165) is 10.6 Å². The Kier molecular flexibility index (Phi) is 7.54. The summed E-state index contributed by atoms with van der Waals surface area (Å²) in [5.74, 6) is 1.07. The van der Waals surface area contributed by atoms with Crippen LogP contribution in [0.3, 0.4) is 0 Å². The fraction of sp³-hybridized carbons (Fsp3) is 0.450. The summed E-state index contributed by atoms with van der Waals surface area (Å²) in [5, 5.41) is 6.65. The van der Waals surface area contributed by atoms with Gasteiger partial charge in [-0.3, -0.25) is 9.59 Å². The number of methoxy groups -OCH3 is 1. The molecule has 9 heteroatoms. The summed E-state index contributed by atoms with van der Waals surface area (Å²) in [4.78, 5) is 27.1. The van der Waals surface area contributed by atoms with Crippen LogP contribution in [0.1, 0.15) is 22.7 Å². The van der Waals surface area contributed by atoms with Crippen LogP contribution in [0.5, 0.6) is 5.75 Å². The average Bonchev–Trinajstić information content (AvgIpc) is 3.35. The third-order valence-corrected chi connectivity index (χ3v) is 5.42. The van der Waals surface area contributed by atoms with Crippen molar-refractivity contribution in [2.45, 2.75) is 17.9 Å². The van der Waals surface area contributed by atoms with Crippen LogP contribution in [-0.2, 0) is 16.1 Å². The van der Waals surface area contributed by atoms with E-state index in [1.54, 1.807) is 29.8 Å². The van der Waals surface area contributed by atoms with E-state index in [9.17, 15) is 9.59 Å². The molecule has 0 bridgehead atoms. The van der Waals surface area contributed by atoms with Gasteiger partial charge in [0.1, 0.15) is 12.4 Å². The Morgan fingerprint density at radius 1 is 1.41 bits per heavy atom. The number of hydrogen-bond donors (Lipinski definition) is 1. The molecule has 1 fully saturated rings. The quantitative estimate of drug-likeness (QED) is 0.590. The zero-order valence-electron chi connectivity index (χ0n) is 16.6. The third kappa shape index (κ3) is 5.74. The predicted octanol–water partition coefficient (Wildman–Crippen LogP) is 2.20. The first kappa shape index (κ1) is 21.2. The summed E-state index contributed by atoms with van der Waals surface area (Å²) in [5.41, 5.74) is 0.197. The fourth-order valence-corrected chi connectivity index (χ4v) is 3.65. The minimum absolute atomic E-state index is 0.0843. The SMILES string of the molecule is COCCN1C[C@@H](CNC(=O)c2cc(COc3ccccc3SC)on2)CC1=O. The zero-order valence-corrected chi connectivity index (χ0v) is 17.4. The van der Waals surface area contributed by atoms with Crippen molar-refractivity contribution < 1.29 is 23.6 Å².